The first kappa shape index (κ1) is 19.2. The summed E-state index contributed by atoms with van der Waals surface area (Å²) in [6, 6.07) is 17.1. The first-order valence-electron chi connectivity index (χ1n) is 9.02. The average Bonchev–Trinajstić information content (AvgIpc) is 2.69. The van der Waals surface area contributed by atoms with Crippen LogP contribution >= 0.6 is 0 Å². The highest BCUT2D eigenvalue weighted by Gasteiger charge is 2.40. The molecule has 3 rings (SSSR count). The molecule has 1 aliphatic heterocycles. The van der Waals surface area contributed by atoms with Gasteiger partial charge in [0.05, 0.1) is 19.8 Å². The Morgan fingerprint density at radius 1 is 1.04 bits per heavy atom. The number of carboxylic acid groups (broad SMARTS) is 1. The number of ether oxygens (including phenoxy) is 4. The smallest absolute Gasteiger partial charge is 0.364 e. The van der Waals surface area contributed by atoms with Gasteiger partial charge in [-0.3, -0.25) is 0 Å². The van der Waals surface area contributed by atoms with Gasteiger partial charge in [-0.05, 0) is 49.2 Å². The standard InChI is InChI=1S/C21H24O6/c1-21(20(22)23)25-14-16(15-26-21)6-5-13-24-17-9-11-19(12-10-17)27-18-7-3-2-4-8-18/h2-4,7-12,16H,5-6,13-15H2,1H3,(H,22,23). The van der Waals surface area contributed by atoms with Crippen molar-refractivity contribution in [2.45, 2.75) is 25.6 Å². The van der Waals surface area contributed by atoms with Crippen LogP contribution in [0.5, 0.6) is 17.2 Å². The van der Waals surface area contributed by atoms with Crippen molar-refractivity contribution >= 4 is 5.97 Å². The van der Waals surface area contributed by atoms with Crippen LogP contribution in [0.25, 0.3) is 0 Å². The molecule has 0 unspecified atom stereocenters. The Morgan fingerprint density at radius 3 is 2.26 bits per heavy atom. The van der Waals surface area contributed by atoms with E-state index in [0.29, 0.717) is 19.8 Å². The summed E-state index contributed by atoms with van der Waals surface area (Å²) in [4.78, 5) is 11.0. The molecule has 27 heavy (non-hydrogen) atoms. The molecule has 1 heterocycles. The van der Waals surface area contributed by atoms with E-state index in [9.17, 15) is 4.79 Å². The number of hydrogen-bond donors (Lipinski definition) is 1. The molecule has 1 aliphatic rings. The molecule has 0 spiro atoms. The van der Waals surface area contributed by atoms with E-state index in [1.807, 2.05) is 54.6 Å². The van der Waals surface area contributed by atoms with E-state index in [-0.39, 0.29) is 5.92 Å². The van der Waals surface area contributed by atoms with Gasteiger partial charge in [0, 0.05) is 12.8 Å². The van der Waals surface area contributed by atoms with Gasteiger partial charge < -0.3 is 24.1 Å². The second-order valence-electron chi connectivity index (χ2n) is 6.62. The van der Waals surface area contributed by atoms with Crippen LogP contribution in [0.15, 0.2) is 54.6 Å². The molecule has 6 heteroatoms. The summed E-state index contributed by atoms with van der Waals surface area (Å²) >= 11 is 0. The van der Waals surface area contributed by atoms with Crippen LogP contribution < -0.4 is 9.47 Å². The van der Waals surface area contributed by atoms with Crippen molar-refractivity contribution in [1.82, 2.24) is 0 Å². The normalized spacial score (nSPS) is 22.2. The highest BCUT2D eigenvalue weighted by atomic mass is 16.7. The maximum absolute atomic E-state index is 11.0. The molecule has 1 N–H and O–H groups in total. The largest absolute Gasteiger partial charge is 0.494 e. The third-order valence-electron chi connectivity index (χ3n) is 4.41. The van der Waals surface area contributed by atoms with E-state index in [0.717, 1.165) is 30.1 Å². The molecule has 0 saturated carbocycles. The van der Waals surface area contributed by atoms with Gasteiger partial charge in [-0.15, -0.1) is 0 Å². The van der Waals surface area contributed by atoms with E-state index in [1.165, 1.54) is 6.92 Å². The maximum Gasteiger partial charge on any atom is 0.364 e. The summed E-state index contributed by atoms with van der Waals surface area (Å²) in [5.74, 6) is -0.0957. The molecule has 144 valence electrons. The molecule has 2 aromatic carbocycles. The van der Waals surface area contributed by atoms with Gasteiger partial charge in [0.15, 0.2) is 0 Å². The first-order chi connectivity index (χ1) is 13.0. The van der Waals surface area contributed by atoms with E-state index in [2.05, 4.69) is 0 Å². The van der Waals surface area contributed by atoms with Crippen LogP contribution in [0.1, 0.15) is 19.8 Å². The minimum atomic E-state index is -1.52. The zero-order valence-electron chi connectivity index (χ0n) is 15.3. The predicted molar refractivity (Wildman–Crippen MR) is 99.1 cm³/mol. The van der Waals surface area contributed by atoms with Crippen LogP contribution in [0.3, 0.4) is 0 Å². The Morgan fingerprint density at radius 2 is 1.63 bits per heavy atom. The number of carboxylic acids is 1. The summed E-state index contributed by atoms with van der Waals surface area (Å²) in [5, 5.41) is 9.05. The van der Waals surface area contributed by atoms with Crippen LogP contribution in [0, 0.1) is 5.92 Å². The summed E-state index contributed by atoms with van der Waals surface area (Å²) in [5.41, 5.74) is 0. The Kier molecular flexibility index (Phi) is 6.32. The van der Waals surface area contributed by atoms with Crippen molar-refractivity contribution < 1.29 is 28.8 Å². The fraction of sp³-hybridized carbons (Fsp3) is 0.381. The molecule has 0 aromatic heterocycles. The first-order valence-corrected chi connectivity index (χ1v) is 9.02. The van der Waals surface area contributed by atoms with Gasteiger partial charge in [0.25, 0.3) is 5.79 Å². The second kappa shape index (κ2) is 8.88. The van der Waals surface area contributed by atoms with E-state index >= 15 is 0 Å². The number of para-hydroxylation sites is 1. The topological polar surface area (TPSA) is 74.2 Å². The lowest BCUT2D eigenvalue weighted by molar-refractivity contribution is -0.271. The summed E-state index contributed by atoms with van der Waals surface area (Å²) in [6.07, 6.45) is 1.69. The monoisotopic (exact) mass is 372 g/mol. The van der Waals surface area contributed by atoms with Gasteiger partial charge >= 0.3 is 5.97 Å². The third kappa shape index (κ3) is 5.45. The maximum atomic E-state index is 11.0. The van der Waals surface area contributed by atoms with Gasteiger partial charge in [-0.25, -0.2) is 4.79 Å². The van der Waals surface area contributed by atoms with E-state index in [4.69, 9.17) is 24.1 Å². The molecular formula is C21H24O6. The molecule has 0 bridgehead atoms. The fourth-order valence-electron chi connectivity index (χ4n) is 2.72. The number of rotatable bonds is 8. The second-order valence-corrected chi connectivity index (χ2v) is 6.62. The van der Waals surface area contributed by atoms with Gasteiger partial charge in [-0.2, -0.15) is 0 Å². The van der Waals surface area contributed by atoms with Gasteiger partial charge in [0.1, 0.15) is 17.2 Å². The average molecular weight is 372 g/mol. The van der Waals surface area contributed by atoms with Crippen molar-refractivity contribution in [3.8, 4) is 17.2 Å². The quantitative estimate of drug-likeness (QED) is 0.703. The van der Waals surface area contributed by atoms with Crippen molar-refractivity contribution in [3.05, 3.63) is 54.6 Å². The summed E-state index contributed by atoms with van der Waals surface area (Å²) in [7, 11) is 0. The van der Waals surface area contributed by atoms with E-state index in [1.54, 1.807) is 0 Å². The highest BCUT2D eigenvalue weighted by molar-refractivity contribution is 5.75. The van der Waals surface area contributed by atoms with Gasteiger partial charge in [0.2, 0.25) is 0 Å². The predicted octanol–water partition coefficient (Wildman–Crippen LogP) is 4.10. The van der Waals surface area contributed by atoms with Crippen molar-refractivity contribution in [3.63, 3.8) is 0 Å². The Balaban J connectivity index is 1.36. The van der Waals surface area contributed by atoms with Gasteiger partial charge in [-0.1, -0.05) is 18.2 Å². The minimum absolute atomic E-state index is 0.183. The number of hydrogen-bond acceptors (Lipinski definition) is 5. The number of carbonyl (C=O) groups is 1. The van der Waals surface area contributed by atoms with Crippen LogP contribution in [-0.2, 0) is 14.3 Å². The van der Waals surface area contributed by atoms with Crippen LogP contribution in [0.4, 0.5) is 0 Å². The fourth-order valence-corrected chi connectivity index (χ4v) is 2.72. The zero-order chi connectivity index (χ0) is 19.1. The SMILES string of the molecule is CC1(C(=O)O)OCC(CCCOc2ccc(Oc3ccccc3)cc2)CO1. The van der Waals surface area contributed by atoms with Crippen molar-refractivity contribution in [1.29, 1.82) is 0 Å². The lowest BCUT2D eigenvalue weighted by Crippen LogP contribution is -2.47. The number of benzene rings is 2. The molecule has 2 aromatic rings. The molecule has 0 aliphatic carbocycles. The molecular weight excluding hydrogens is 348 g/mol. The van der Waals surface area contributed by atoms with E-state index < -0.39 is 11.8 Å². The molecule has 0 amide bonds. The summed E-state index contributed by atoms with van der Waals surface area (Å²) in [6.45, 7) is 2.77. The molecule has 0 atom stereocenters. The Hall–Kier alpha value is -2.57. The number of aliphatic carboxylic acids is 1. The Bertz CT molecular complexity index is 720. The molecule has 0 radical (unpaired) electrons. The lowest BCUT2D eigenvalue weighted by atomic mass is 10.0. The lowest BCUT2D eigenvalue weighted by Gasteiger charge is -2.34. The zero-order valence-corrected chi connectivity index (χ0v) is 15.3. The minimum Gasteiger partial charge on any atom is -0.494 e. The van der Waals surface area contributed by atoms with Crippen LogP contribution in [-0.4, -0.2) is 36.7 Å². The summed E-state index contributed by atoms with van der Waals surface area (Å²) < 4.78 is 22.2. The Labute approximate surface area is 158 Å². The van der Waals surface area contributed by atoms with Crippen molar-refractivity contribution in [2.75, 3.05) is 19.8 Å². The third-order valence-corrected chi connectivity index (χ3v) is 4.41. The van der Waals surface area contributed by atoms with Crippen molar-refractivity contribution in [2.24, 2.45) is 5.92 Å². The van der Waals surface area contributed by atoms with Crippen LogP contribution in [0.2, 0.25) is 0 Å². The molecule has 6 nitrogen and oxygen atoms in total. The highest BCUT2D eigenvalue weighted by Crippen LogP contribution is 2.25. The molecule has 1 fully saturated rings. The molecule has 1 saturated heterocycles.